The van der Waals surface area contributed by atoms with Gasteiger partial charge in [-0.1, -0.05) is 22.0 Å². The number of carbonyl (C=O) groups is 2. The summed E-state index contributed by atoms with van der Waals surface area (Å²) in [5, 5.41) is 2.83. The molecular weight excluding hydrogens is 390 g/mol. The van der Waals surface area contributed by atoms with Gasteiger partial charge in [0, 0.05) is 30.3 Å². The van der Waals surface area contributed by atoms with Gasteiger partial charge in [0.2, 0.25) is 11.8 Å². The lowest BCUT2D eigenvalue weighted by Crippen LogP contribution is -2.36. The van der Waals surface area contributed by atoms with Gasteiger partial charge in [-0.25, -0.2) is 0 Å². The Hall–Kier alpha value is -1.05. The predicted octanol–water partition coefficient (Wildman–Crippen LogP) is 2.68. The first-order valence-electron chi connectivity index (χ1n) is 8.14. The number of benzene rings is 1. The number of hydrogen-bond acceptors (Lipinski definition) is 4. The summed E-state index contributed by atoms with van der Waals surface area (Å²) in [6.45, 7) is 3.99. The van der Waals surface area contributed by atoms with Gasteiger partial charge < -0.3 is 15.1 Å². The molecular formula is C17H24BrN3O2S. The molecule has 2 rings (SSSR count). The van der Waals surface area contributed by atoms with Gasteiger partial charge in [0.05, 0.1) is 11.5 Å². The van der Waals surface area contributed by atoms with Crippen molar-refractivity contribution < 1.29 is 9.59 Å². The molecule has 0 saturated carbocycles. The highest BCUT2D eigenvalue weighted by molar-refractivity contribution is 9.10. The Morgan fingerprint density at radius 3 is 2.75 bits per heavy atom. The summed E-state index contributed by atoms with van der Waals surface area (Å²) >= 11 is 4.72. The second-order valence-corrected chi connectivity index (χ2v) is 7.82. The molecule has 1 aromatic rings. The van der Waals surface area contributed by atoms with E-state index in [1.165, 1.54) is 24.6 Å². The van der Waals surface area contributed by atoms with Gasteiger partial charge in [0.25, 0.3) is 0 Å². The summed E-state index contributed by atoms with van der Waals surface area (Å²) in [5.41, 5.74) is 0.754. The van der Waals surface area contributed by atoms with Crippen LogP contribution in [0.2, 0.25) is 0 Å². The topological polar surface area (TPSA) is 52.7 Å². The van der Waals surface area contributed by atoms with E-state index in [9.17, 15) is 9.59 Å². The number of likely N-dealkylation sites (N-methyl/N-ethyl adjacent to an activating group) is 1. The fourth-order valence-electron chi connectivity index (χ4n) is 2.53. The van der Waals surface area contributed by atoms with Crippen LogP contribution in [0.4, 0.5) is 5.69 Å². The number of halogens is 1. The minimum atomic E-state index is -0.0920. The second kappa shape index (κ2) is 10.1. The SMILES string of the molecule is CN(CCN1CCCC1)C(=O)CSCC(=O)Nc1cccc(Br)c1. The molecule has 1 N–H and O–H groups in total. The van der Waals surface area contributed by atoms with E-state index in [1.54, 1.807) is 4.90 Å². The van der Waals surface area contributed by atoms with Gasteiger partial charge in [-0.2, -0.15) is 0 Å². The highest BCUT2D eigenvalue weighted by atomic mass is 79.9. The van der Waals surface area contributed by atoms with E-state index in [0.717, 1.165) is 36.3 Å². The number of amides is 2. The van der Waals surface area contributed by atoms with Gasteiger partial charge in [-0.15, -0.1) is 11.8 Å². The van der Waals surface area contributed by atoms with Crippen molar-refractivity contribution in [3.05, 3.63) is 28.7 Å². The minimum Gasteiger partial charge on any atom is -0.344 e. The van der Waals surface area contributed by atoms with Crippen molar-refractivity contribution in [3.63, 3.8) is 0 Å². The van der Waals surface area contributed by atoms with Crippen molar-refractivity contribution in [2.24, 2.45) is 0 Å². The van der Waals surface area contributed by atoms with Crippen LogP contribution < -0.4 is 5.32 Å². The molecule has 0 spiro atoms. The molecule has 0 atom stereocenters. The maximum atomic E-state index is 12.1. The summed E-state index contributed by atoms with van der Waals surface area (Å²) in [7, 11) is 1.83. The van der Waals surface area contributed by atoms with Crippen LogP contribution in [0.3, 0.4) is 0 Å². The lowest BCUT2D eigenvalue weighted by molar-refractivity contribution is -0.127. The van der Waals surface area contributed by atoms with Crippen molar-refractivity contribution in [1.29, 1.82) is 0 Å². The van der Waals surface area contributed by atoms with E-state index in [-0.39, 0.29) is 17.6 Å². The van der Waals surface area contributed by atoms with E-state index in [1.807, 2.05) is 31.3 Å². The maximum Gasteiger partial charge on any atom is 0.234 e. The molecule has 1 aliphatic heterocycles. The van der Waals surface area contributed by atoms with Crippen LogP contribution in [0.5, 0.6) is 0 Å². The summed E-state index contributed by atoms with van der Waals surface area (Å²) in [5.74, 6) is 0.598. The molecule has 5 nitrogen and oxygen atoms in total. The smallest absolute Gasteiger partial charge is 0.234 e. The average Bonchev–Trinajstić information content (AvgIpc) is 3.05. The number of carbonyl (C=O) groups excluding carboxylic acids is 2. The van der Waals surface area contributed by atoms with E-state index >= 15 is 0 Å². The van der Waals surface area contributed by atoms with Crippen LogP contribution in [0.15, 0.2) is 28.7 Å². The zero-order chi connectivity index (χ0) is 17.4. The number of hydrogen-bond donors (Lipinski definition) is 1. The molecule has 1 aromatic carbocycles. The van der Waals surface area contributed by atoms with Crippen LogP contribution in [0, 0.1) is 0 Å². The summed E-state index contributed by atoms with van der Waals surface area (Å²) in [6.07, 6.45) is 2.53. The number of rotatable bonds is 8. The Bertz CT molecular complexity index is 565. The first-order chi connectivity index (χ1) is 11.5. The summed E-state index contributed by atoms with van der Waals surface area (Å²) in [6, 6.07) is 7.46. The monoisotopic (exact) mass is 413 g/mol. The van der Waals surface area contributed by atoms with Crippen molar-refractivity contribution in [3.8, 4) is 0 Å². The predicted molar refractivity (Wildman–Crippen MR) is 103 cm³/mol. The van der Waals surface area contributed by atoms with Gasteiger partial charge >= 0.3 is 0 Å². The summed E-state index contributed by atoms with van der Waals surface area (Å²) < 4.78 is 0.919. The summed E-state index contributed by atoms with van der Waals surface area (Å²) in [4.78, 5) is 28.1. The largest absolute Gasteiger partial charge is 0.344 e. The maximum absolute atomic E-state index is 12.1. The normalized spacial score (nSPS) is 14.6. The number of anilines is 1. The first-order valence-corrected chi connectivity index (χ1v) is 10.1. The van der Waals surface area contributed by atoms with Gasteiger partial charge in [0.15, 0.2) is 0 Å². The third kappa shape index (κ3) is 6.83. The van der Waals surface area contributed by atoms with Crippen molar-refractivity contribution in [1.82, 2.24) is 9.80 Å². The Labute approximate surface area is 156 Å². The van der Waals surface area contributed by atoms with E-state index in [2.05, 4.69) is 26.1 Å². The highest BCUT2D eigenvalue weighted by Gasteiger charge is 2.14. The minimum absolute atomic E-state index is 0.0782. The lowest BCUT2D eigenvalue weighted by atomic mass is 10.3. The molecule has 0 aromatic heterocycles. The Morgan fingerprint density at radius 2 is 2.04 bits per heavy atom. The van der Waals surface area contributed by atoms with Crippen LogP contribution in [-0.4, -0.2) is 66.3 Å². The molecule has 7 heteroatoms. The van der Waals surface area contributed by atoms with E-state index < -0.39 is 0 Å². The fraction of sp³-hybridized carbons (Fsp3) is 0.529. The quantitative estimate of drug-likeness (QED) is 0.711. The Balaban J connectivity index is 1.61. The van der Waals surface area contributed by atoms with Gasteiger partial charge in [-0.3, -0.25) is 9.59 Å². The van der Waals surface area contributed by atoms with Gasteiger partial charge in [-0.05, 0) is 44.1 Å². The number of nitrogens with zero attached hydrogens (tertiary/aromatic N) is 2. The average molecular weight is 414 g/mol. The molecule has 1 saturated heterocycles. The molecule has 1 heterocycles. The van der Waals surface area contributed by atoms with E-state index in [4.69, 9.17) is 0 Å². The third-order valence-electron chi connectivity index (χ3n) is 3.94. The zero-order valence-corrected chi connectivity index (χ0v) is 16.4. The van der Waals surface area contributed by atoms with Crippen molar-refractivity contribution >= 4 is 45.2 Å². The molecule has 2 amide bonds. The highest BCUT2D eigenvalue weighted by Crippen LogP contribution is 2.16. The van der Waals surface area contributed by atoms with E-state index in [0.29, 0.717) is 5.75 Å². The van der Waals surface area contributed by atoms with Crippen molar-refractivity contribution in [2.75, 3.05) is 50.0 Å². The van der Waals surface area contributed by atoms with Crippen LogP contribution in [0.25, 0.3) is 0 Å². The Morgan fingerprint density at radius 1 is 1.29 bits per heavy atom. The molecule has 132 valence electrons. The van der Waals surface area contributed by atoms with Gasteiger partial charge in [0.1, 0.15) is 0 Å². The number of likely N-dealkylation sites (tertiary alicyclic amines) is 1. The third-order valence-corrected chi connectivity index (χ3v) is 5.35. The van der Waals surface area contributed by atoms with Crippen LogP contribution >= 0.6 is 27.7 Å². The van der Waals surface area contributed by atoms with Crippen LogP contribution in [-0.2, 0) is 9.59 Å². The molecule has 0 aliphatic carbocycles. The Kier molecular flexibility index (Phi) is 8.08. The fourth-order valence-corrected chi connectivity index (χ4v) is 3.68. The molecule has 1 aliphatic rings. The number of nitrogens with one attached hydrogen (secondary N) is 1. The van der Waals surface area contributed by atoms with Crippen molar-refractivity contribution in [2.45, 2.75) is 12.8 Å². The standard InChI is InChI=1S/C17H24BrN3O2S/c1-20(9-10-21-7-2-3-8-21)17(23)13-24-12-16(22)19-15-6-4-5-14(18)11-15/h4-6,11H,2-3,7-10,12-13H2,1H3,(H,19,22). The molecule has 1 fully saturated rings. The molecule has 0 bridgehead atoms. The lowest BCUT2D eigenvalue weighted by Gasteiger charge is -2.21. The van der Waals surface area contributed by atoms with Crippen LogP contribution in [0.1, 0.15) is 12.8 Å². The zero-order valence-electron chi connectivity index (χ0n) is 14.0. The molecule has 24 heavy (non-hydrogen) atoms. The molecule has 0 unspecified atom stereocenters. The number of thioether (sulfide) groups is 1. The first kappa shape index (κ1) is 19.3. The molecule has 0 radical (unpaired) electrons. The second-order valence-electron chi connectivity index (χ2n) is 5.92.